The first-order chi connectivity index (χ1) is 11.1. The van der Waals surface area contributed by atoms with E-state index in [1.54, 1.807) is 19.4 Å². The summed E-state index contributed by atoms with van der Waals surface area (Å²) in [5, 5.41) is 6.86. The Morgan fingerprint density at radius 1 is 1.52 bits per heavy atom. The molecule has 2 heterocycles. The Kier molecular flexibility index (Phi) is 4.71. The average Bonchev–Trinajstić information content (AvgIpc) is 3.02. The summed E-state index contributed by atoms with van der Waals surface area (Å²) < 4.78 is 11.5. The summed E-state index contributed by atoms with van der Waals surface area (Å²) in [5.41, 5.74) is 0.144. The second-order valence-corrected chi connectivity index (χ2v) is 6.72. The summed E-state index contributed by atoms with van der Waals surface area (Å²) in [4.78, 5) is 8.35. The summed E-state index contributed by atoms with van der Waals surface area (Å²) in [7, 11) is 1.80. The average molecular weight is 318 g/mol. The molecule has 3 rings (SSSR count). The van der Waals surface area contributed by atoms with Crippen LogP contribution < -0.4 is 15.4 Å². The lowest BCUT2D eigenvalue weighted by atomic mass is 9.57. The Morgan fingerprint density at radius 3 is 3.13 bits per heavy atom. The molecular weight excluding hydrogens is 292 g/mol. The van der Waals surface area contributed by atoms with E-state index >= 15 is 0 Å². The van der Waals surface area contributed by atoms with Crippen molar-refractivity contribution in [1.29, 1.82) is 0 Å². The summed E-state index contributed by atoms with van der Waals surface area (Å²) in [6.45, 7) is 6.65. The highest BCUT2D eigenvalue weighted by molar-refractivity contribution is 5.80. The number of fused-ring (bicyclic) bond motifs is 1. The molecule has 1 saturated heterocycles. The molecule has 126 valence electrons. The Morgan fingerprint density at radius 2 is 2.39 bits per heavy atom. The van der Waals surface area contributed by atoms with Crippen molar-refractivity contribution in [2.45, 2.75) is 32.4 Å². The van der Waals surface area contributed by atoms with Gasteiger partial charge in [-0.3, -0.25) is 9.98 Å². The molecule has 1 aliphatic heterocycles. The van der Waals surface area contributed by atoms with Crippen molar-refractivity contribution >= 4 is 5.96 Å². The number of nitrogens with zero attached hydrogens (tertiary/aromatic N) is 2. The first-order valence-electron chi connectivity index (χ1n) is 8.24. The summed E-state index contributed by atoms with van der Waals surface area (Å²) in [6, 6.07) is 4.17. The summed E-state index contributed by atoms with van der Waals surface area (Å²) in [5.74, 6) is 2.20. The highest BCUT2D eigenvalue weighted by Crippen LogP contribution is 2.51. The van der Waals surface area contributed by atoms with Gasteiger partial charge in [-0.25, -0.2) is 0 Å². The number of guanidine groups is 1. The maximum atomic E-state index is 5.83. The summed E-state index contributed by atoms with van der Waals surface area (Å²) >= 11 is 0. The number of aliphatic imine (C=N–C) groups is 1. The number of rotatable bonds is 5. The van der Waals surface area contributed by atoms with E-state index in [-0.39, 0.29) is 5.41 Å². The molecule has 1 saturated carbocycles. The minimum atomic E-state index is 0.144. The van der Waals surface area contributed by atoms with Gasteiger partial charge in [0.05, 0.1) is 18.8 Å². The van der Waals surface area contributed by atoms with E-state index < -0.39 is 0 Å². The molecule has 23 heavy (non-hydrogen) atoms. The monoisotopic (exact) mass is 318 g/mol. The molecule has 2 fully saturated rings. The van der Waals surface area contributed by atoms with Crippen LogP contribution in [-0.4, -0.2) is 49.9 Å². The fourth-order valence-electron chi connectivity index (χ4n) is 3.73. The van der Waals surface area contributed by atoms with E-state index in [1.165, 1.54) is 0 Å². The van der Waals surface area contributed by atoms with Crippen LogP contribution in [0.1, 0.15) is 20.3 Å². The van der Waals surface area contributed by atoms with Gasteiger partial charge in [0.25, 0.3) is 0 Å². The molecule has 3 atom stereocenters. The fraction of sp³-hybridized carbons (Fsp3) is 0.647. The van der Waals surface area contributed by atoms with Gasteiger partial charge in [-0.15, -0.1) is 0 Å². The second-order valence-electron chi connectivity index (χ2n) is 6.72. The first-order valence-corrected chi connectivity index (χ1v) is 8.24. The quantitative estimate of drug-likeness (QED) is 0.488. The molecule has 3 unspecified atom stereocenters. The lowest BCUT2D eigenvalue weighted by Crippen LogP contribution is -2.68. The van der Waals surface area contributed by atoms with E-state index in [0.717, 1.165) is 24.7 Å². The molecule has 0 radical (unpaired) electrons. The molecule has 2 N–H and O–H groups in total. The number of pyridine rings is 1. The van der Waals surface area contributed by atoms with Crippen LogP contribution in [0.15, 0.2) is 29.5 Å². The van der Waals surface area contributed by atoms with Crippen molar-refractivity contribution in [2.24, 2.45) is 16.3 Å². The molecule has 2 aliphatic rings. The molecular formula is C17H26N4O2. The highest BCUT2D eigenvalue weighted by Gasteiger charge is 2.59. The second kappa shape index (κ2) is 6.74. The third kappa shape index (κ3) is 3.27. The molecule has 1 aliphatic carbocycles. The Hall–Kier alpha value is -1.82. The minimum Gasteiger partial charge on any atom is -0.490 e. The number of nitrogens with one attached hydrogen (secondary N) is 2. The lowest BCUT2D eigenvalue weighted by Gasteiger charge is -2.54. The van der Waals surface area contributed by atoms with Crippen LogP contribution in [-0.2, 0) is 4.74 Å². The van der Waals surface area contributed by atoms with Crippen LogP contribution in [0.5, 0.6) is 5.75 Å². The first kappa shape index (κ1) is 16.1. The number of hydrogen-bond acceptors (Lipinski definition) is 4. The van der Waals surface area contributed by atoms with Crippen LogP contribution in [0.25, 0.3) is 0 Å². The smallest absolute Gasteiger partial charge is 0.191 e. The van der Waals surface area contributed by atoms with Gasteiger partial charge in [0.1, 0.15) is 12.4 Å². The van der Waals surface area contributed by atoms with Crippen LogP contribution in [0.3, 0.4) is 0 Å². The molecule has 0 amide bonds. The van der Waals surface area contributed by atoms with Crippen molar-refractivity contribution in [2.75, 3.05) is 26.8 Å². The molecule has 0 bridgehead atoms. The minimum absolute atomic E-state index is 0.144. The maximum absolute atomic E-state index is 5.83. The third-order valence-corrected chi connectivity index (χ3v) is 4.91. The van der Waals surface area contributed by atoms with Crippen LogP contribution in [0.2, 0.25) is 0 Å². The third-order valence-electron chi connectivity index (χ3n) is 4.91. The lowest BCUT2D eigenvalue weighted by molar-refractivity contribution is -0.106. The zero-order valence-electron chi connectivity index (χ0n) is 14.1. The van der Waals surface area contributed by atoms with Gasteiger partial charge in [-0.2, -0.15) is 0 Å². The van der Waals surface area contributed by atoms with Crippen molar-refractivity contribution in [3.05, 3.63) is 24.5 Å². The zero-order valence-corrected chi connectivity index (χ0v) is 14.1. The Balaban J connectivity index is 1.44. The van der Waals surface area contributed by atoms with E-state index in [0.29, 0.717) is 31.2 Å². The fourth-order valence-corrected chi connectivity index (χ4v) is 3.73. The molecule has 6 nitrogen and oxygen atoms in total. The van der Waals surface area contributed by atoms with Crippen LogP contribution >= 0.6 is 0 Å². The largest absolute Gasteiger partial charge is 0.490 e. The molecule has 1 aromatic heterocycles. The van der Waals surface area contributed by atoms with Crippen LogP contribution in [0.4, 0.5) is 0 Å². The summed E-state index contributed by atoms with van der Waals surface area (Å²) in [6.07, 6.45) is 4.96. The predicted octanol–water partition coefficient (Wildman–Crippen LogP) is 1.44. The van der Waals surface area contributed by atoms with Gasteiger partial charge < -0.3 is 20.1 Å². The van der Waals surface area contributed by atoms with Gasteiger partial charge in [0.2, 0.25) is 0 Å². The van der Waals surface area contributed by atoms with Gasteiger partial charge in [0, 0.05) is 37.2 Å². The van der Waals surface area contributed by atoms with E-state index in [9.17, 15) is 0 Å². The van der Waals surface area contributed by atoms with Crippen molar-refractivity contribution in [3.8, 4) is 5.75 Å². The SMILES string of the molecule is CN=C(NCCOc1cccnc1)NC1C2CCOC2C1(C)C. The van der Waals surface area contributed by atoms with Gasteiger partial charge in [-0.05, 0) is 18.6 Å². The normalized spacial score (nSPS) is 28.7. The Labute approximate surface area is 137 Å². The number of hydrogen-bond donors (Lipinski definition) is 2. The maximum Gasteiger partial charge on any atom is 0.191 e. The predicted molar refractivity (Wildman–Crippen MR) is 89.6 cm³/mol. The molecule has 1 aromatic rings. The highest BCUT2D eigenvalue weighted by atomic mass is 16.5. The van der Waals surface area contributed by atoms with Crippen LogP contribution in [0, 0.1) is 11.3 Å². The van der Waals surface area contributed by atoms with Crippen molar-refractivity contribution in [3.63, 3.8) is 0 Å². The zero-order chi connectivity index (χ0) is 16.3. The van der Waals surface area contributed by atoms with Gasteiger partial charge in [0.15, 0.2) is 5.96 Å². The number of aromatic nitrogens is 1. The standard InChI is InChI=1S/C17H26N4O2/c1-17(2)14(13-6-9-23-15(13)17)21-16(18-3)20-8-10-22-12-5-4-7-19-11-12/h4-5,7,11,13-15H,6,8-10H2,1-3H3,(H2,18,20,21). The molecule has 0 aromatic carbocycles. The number of ether oxygens (including phenoxy) is 2. The van der Waals surface area contributed by atoms with Crippen molar-refractivity contribution in [1.82, 2.24) is 15.6 Å². The topological polar surface area (TPSA) is 67.8 Å². The van der Waals surface area contributed by atoms with E-state index in [2.05, 4.69) is 34.5 Å². The van der Waals surface area contributed by atoms with E-state index in [1.807, 2.05) is 12.1 Å². The molecule has 0 spiro atoms. The Bertz CT molecular complexity index is 547. The van der Waals surface area contributed by atoms with Gasteiger partial charge in [-0.1, -0.05) is 13.8 Å². The van der Waals surface area contributed by atoms with Gasteiger partial charge >= 0.3 is 0 Å². The van der Waals surface area contributed by atoms with Crippen molar-refractivity contribution < 1.29 is 9.47 Å². The molecule has 6 heteroatoms. The van der Waals surface area contributed by atoms with E-state index in [4.69, 9.17) is 9.47 Å².